The lowest BCUT2D eigenvalue weighted by Crippen LogP contribution is -2.15. The van der Waals surface area contributed by atoms with Gasteiger partial charge in [0.25, 0.3) is 0 Å². The number of anilines is 2. The molecule has 0 amide bonds. The fraction of sp³-hybridized carbons (Fsp3) is 0.412. The summed E-state index contributed by atoms with van der Waals surface area (Å²) in [5, 5.41) is 2.85. The van der Waals surface area contributed by atoms with Gasteiger partial charge >= 0.3 is 6.18 Å². The van der Waals surface area contributed by atoms with Crippen molar-refractivity contribution in [2.24, 2.45) is 0 Å². The molecule has 0 fully saturated rings. The largest absolute Gasteiger partial charge is 0.494 e. The van der Waals surface area contributed by atoms with E-state index in [1.165, 1.54) is 0 Å². The average molecular weight is 355 g/mol. The van der Waals surface area contributed by atoms with Crippen molar-refractivity contribution in [2.45, 2.75) is 39.5 Å². The average Bonchev–Trinajstić information content (AvgIpc) is 2.53. The Balaban J connectivity index is 2.19. The number of nitrogens with zero attached hydrogens (tertiary/aromatic N) is 2. The number of nitrogens with one attached hydrogen (secondary N) is 1. The smallest absolute Gasteiger partial charge is 0.423 e. The van der Waals surface area contributed by atoms with E-state index in [1.54, 1.807) is 38.1 Å². The summed E-state index contributed by atoms with van der Waals surface area (Å²) in [6, 6.07) is 6.98. The predicted octanol–water partition coefficient (Wildman–Crippen LogP) is 4.82. The molecule has 136 valence electrons. The number of rotatable bonds is 7. The second kappa shape index (κ2) is 8.04. The number of ether oxygens (including phenoxy) is 2. The van der Waals surface area contributed by atoms with E-state index in [9.17, 15) is 13.2 Å². The van der Waals surface area contributed by atoms with Gasteiger partial charge in [-0.3, -0.25) is 0 Å². The molecule has 2 aromatic rings. The first-order valence-corrected chi connectivity index (χ1v) is 7.90. The number of aromatic nitrogens is 2. The minimum absolute atomic E-state index is 0.0193. The summed E-state index contributed by atoms with van der Waals surface area (Å²) in [6.07, 6.45) is -3.41. The summed E-state index contributed by atoms with van der Waals surface area (Å²) in [5.41, 5.74) is -0.380. The third kappa shape index (κ3) is 5.51. The van der Waals surface area contributed by atoms with Gasteiger partial charge in [0.2, 0.25) is 11.8 Å². The lowest BCUT2D eigenvalue weighted by atomic mass is 10.3. The fourth-order valence-electron chi connectivity index (χ4n) is 1.92. The summed E-state index contributed by atoms with van der Waals surface area (Å²) in [7, 11) is 0. The molecule has 0 aliphatic rings. The maximum atomic E-state index is 13.0. The van der Waals surface area contributed by atoms with Crippen molar-refractivity contribution >= 4 is 11.6 Å². The number of hydrogen-bond donors (Lipinski definition) is 1. The highest BCUT2D eigenvalue weighted by Gasteiger charge is 2.36. The summed E-state index contributed by atoms with van der Waals surface area (Å²) in [5.74, 6) is 0.235. The molecule has 0 radical (unpaired) electrons. The van der Waals surface area contributed by atoms with Crippen LogP contribution in [-0.2, 0) is 6.18 Å². The molecule has 8 heteroatoms. The number of alkyl halides is 3. The zero-order valence-corrected chi connectivity index (χ0v) is 14.2. The first kappa shape index (κ1) is 18.8. The Labute approximate surface area is 144 Å². The second-order valence-corrected chi connectivity index (χ2v) is 5.57. The third-order valence-electron chi connectivity index (χ3n) is 2.99. The molecule has 5 nitrogen and oxygen atoms in total. The normalized spacial score (nSPS) is 11.5. The Morgan fingerprint density at radius 3 is 2.40 bits per heavy atom. The summed E-state index contributed by atoms with van der Waals surface area (Å²) in [4.78, 5) is 7.58. The number of benzene rings is 1. The standard InChI is InChI=1S/C17H20F3N3O2/c1-4-9-24-13-7-5-12(6-8-13)22-16-21-10-14(17(18,19)20)15(23-16)25-11(2)3/h5-8,10-11H,4,9H2,1-3H3,(H,21,22,23). The Morgan fingerprint density at radius 2 is 1.84 bits per heavy atom. The van der Waals surface area contributed by atoms with Crippen molar-refractivity contribution in [1.29, 1.82) is 0 Å². The molecule has 0 saturated carbocycles. The van der Waals surface area contributed by atoms with Crippen molar-refractivity contribution in [2.75, 3.05) is 11.9 Å². The first-order chi connectivity index (χ1) is 11.8. The van der Waals surface area contributed by atoms with Crippen LogP contribution in [0.4, 0.5) is 24.8 Å². The maximum absolute atomic E-state index is 13.0. The fourth-order valence-corrected chi connectivity index (χ4v) is 1.92. The molecule has 2 rings (SSSR count). The van der Waals surface area contributed by atoms with Crippen LogP contribution in [0.25, 0.3) is 0 Å². The van der Waals surface area contributed by atoms with E-state index in [0.717, 1.165) is 6.42 Å². The Morgan fingerprint density at radius 1 is 1.16 bits per heavy atom. The Bertz CT molecular complexity index is 689. The topological polar surface area (TPSA) is 56.3 Å². The summed E-state index contributed by atoms with van der Waals surface area (Å²) in [6.45, 7) is 5.88. The lowest BCUT2D eigenvalue weighted by Gasteiger charge is -2.16. The van der Waals surface area contributed by atoms with Crippen molar-refractivity contribution in [3.8, 4) is 11.6 Å². The highest BCUT2D eigenvalue weighted by atomic mass is 19.4. The monoisotopic (exact) mass is 355 g/mol. The van der Waals surface area contributed by atoms with Crippen molar-refractivity contribution in [3.05, 3.63) is 36.0 Å². The van der Waals surface area contributed by atoms with Crippen molar-refractivity contribution < 1.29 is 22.6 Å². The van der Waals surface area contributed by atoms with Crippen LogP contribution >= 0.6 is 0 Å². The quantitative estimate of drug-likeness (QED) is 0.772. The van der Waals surface area contributed by atoms with E-state index in [-0.39, 0.29) is 5.95 Å². The van der Waals surface area contributed by atoms with E-state index in [0.29, 0.717) is 24.2 Å². The zero-order valence-electron chi connectivity index (χ0n) is 14.2. The molecule has 1 heterocycles. The molecule has 0 atom stereocenters. The molecular formula is C17H20F3N3O2. The van der Waals surface area contributed by atoms with Gasteiger partial charge in [-0.25, -0.2) is 4.98 Å². The van der Waals surface area contributed by atoms with Crippen LogP contribution in [0.5, 0.6) is 11.6 Å². The van der Waals surface area contributed by atoms with Crippen LogP contribution in [0, 0.1) is 0 Å². The highest BCUT2D eigenvalue weighted by Crippen LogP contribution is 2.35. The maximum Gasteiger partial charge on any atom is 0.423 e. The molecule has 0 aliphatic heterocycles. The van der Waals surface area contributed by atoms with Gasteiger partial charge in [-0.2, -0.15) is 18.2 Å². The van der Waals surface area contributed by atoms with Crippen LogP contribution in [-0.4, -0.2) is 22.7 Å². The van der Waals surface area contributed by atoms with E-state index < -0.39 is 23.7 Å². The SMILES string of the molecule is CCCOc1ccc(Nc2ncc(C(F)(F)F)c(OC(C)C)n2)cc1. The molecule has 1 aromatic carbocycles. The van der Waals surface area contributed by atoms with Gasteiger partial charge in [0, 0.05) is 11.9 Å². The number of halogens is 3. The molecule has 1 aromatic heterocycles. The van der Waals surface area contributed by atoms with Crippen LogP contribution in [0.2, 0.25) is 0 Å². The van der Waals surface area contributed by atoms with Gasteiger partial charge in [-0.05, 0) is 44.5 Å². The lowest BCUT2D eigenvalue weighted by molar-refractivity contribution is -0.139. The zero-order chi connectivity index (χ0) is 18.4. The summed E-state index contributed by atoms with van der Waals surface area (Å²) < 4.78 is 49.7. The van der Waals surface area contributed by atoms with Crippen LogP contribution in [0.1, 0.15) is 32.8 Å². The van der Waals surface area contributed by atoms with Gasteiger partial charge in [0.15, 0.2) is 0 Å². The molecule has 0 aliphatic carbocycles. The minimum Gasteiger partial charge on any atom is -0.494 e. The second-order valence-electron chi connectivity index (χ2n) is 5.57. The van der Waals surface area contributed by atoms with Gasteiger partial charge in [0.1, 0.15) is 11.3 Å². The molecule has 0 saturated heterocycles. The molecule has 0 bridgehead atoms. The molecular weight excluding hydrogens is 335 g/mol. The molecule has 1 N–H and O–H groups in total. The Hall–Kier alpha value is -2.51. The third-order valence-corrected chi connectivity index (χ3v) is 2.99. The molecule has 0 spiro atoms. The van der Waals surface area contributed by atoms with Gasteiger partial charge in [-0.15, -0.1) is 0 Å². The van der Waals surface area contributed by atoms with Crippen LogP contribution < -0.4 is 14.8 Å². The first-order valence-electron chi connectivity index (χ1n) is 7.90. The van der Waals surface area contributed by atoms with Crippen molar-refractivity contribution in [1.82, 2.24) is 9.97 Å². The van der Waals surface area contributed by atoms with Gasteiger partial charge < -0.3 is 14.8 Å². The van der Waals surface area contributed by atoms with E-state index in [1.807, 2.05) is 6.92 Å². The molecule has 25 heavy (non-hydrogen) atoms. The van der Waals surface area contributed by atoms with Crippen LogP contribution in [0.3, 0.4) is 0 Å². The van der Waals surface area contributed by atoms with E-state index >= 15 is 0 Å². The van der Waals surface area contributed by atoms with Gasteiger partial charge in [-0.1, -0.05) is 6.92 Å². The number of hydrogen-bond acceptors (Lipinski definition) is 5. The molecule has 0 unspecified atom stereocenters. The minimum atomic E-state index is -4.58. The van der Waals surface area contributed by atoms with E-state index in [2.05, 4.69) is 15.3 Å². The highest BCUT2D eigenvalue weighted by molar-refractivity contribution is 5.55. The van der Waals surface area contributed by atoms with Gasteiger partial charge in [0.05, 0.1) is 12.7 Å². The van der Waals surface area contributed by atoms with Crippen LogP contribution in [0.15, 0.2) is 30.5 Å². The van der Waals surface area contributed by atoms with Crippen molar-refractivity contribution in [3.63, 3.8) is 0 Å². The van der Waals surface area contributed by atoms with E-state index in [4.69, 9.17) is 9.47 Å². The summed E-state index contributed by atoms with van der Waals surface area (Å²) >= 11 is 0. The Kier molecular flexibility index (Phi) is 6.06. The predicted molar refractivity (Wildman–Crippen MR) is 88.3 cm³/mol.